The molecule has 1 aliphatic heterocycles. The third-order valence-corrected chi connectivity index (χ3v) is 4.88. The highest BCUT2D eigenvalue weighted by atomic mass is 79.9. The maximum Gasteiger partial charge on any atom is 0.255 e. The summed E-state index contributed by atoms with van der Waals surface area (Å²) in [6.45, 7) is 2.74. The van der Waals surface area contributed by atoms with Crippen LogP contribution in [0.2, 0.25) is 0 Å². The molecular formula is C18H17BrF2N2O. The molecule has 0 unspecified atom stereocenters. The molecule has 2 aromatic carbocycles. The summed E-state index contributed by atoms with van der Waals surface area (Å²) in [6.07, 6.45) is 0. The molecule has 1 fully saturated rings. The van der Waals surface area contributed by atoms with E-state index in [0.29, 0.717) is 43.9 Å². The maximum atomic E-state index is 13.8. The van der Waals surface area contributed by atoms with E-state index in [0.717, 1.165) is 10.5 Å². The van der Waals surface area contributed by atoms with Crippen LogP contribution >= 0.6 is 15.9 Å². The molecule has 6 heteroatoms. The fraction of sp³-hybridized carbons (Fsp3) is 0.278. The second-order valence-electron chi connectivity index (χ2n) is 5.76. The first-order valence-corrected chi connectivity index (χ1v) is 8.54. The van der Waals surface area contributed by atoms with Crippen molar-refractivity contribution >= 4 is 21.8 Å². The van der Waals surface area contributed by atoms with Crippen molar-refractivity contribution < 1.29 is 13.6 Å². The molecule has 1 amide bonds. The summed E-state index contributed by atoms with van der Waals surface area (Å²) >= 11 is 3.40. The molecule has 0 saturated carbocycles. The van der Waals surface area contributed by atoms with Crippen LogP contribution in [-0.2, 0) is 6.54 Å². The summed E-state index contributed by atoms with van der Waals surface area (Å²) < 4.78 is 27.8. The Morgan fingerprint density at radius 2 is 1.71 bits per heavy atom. The highest BCUT2D eigenvalue weighted by molar-refractivity contribution is 9.10. The molecule has 0 spiro atoms. The summed E-state index contributed by atoms with van der Waals surface area (Å²) in [5.41, 5.74) is 0.989. The maximum absolute atomic E-state index is 13.8. The van der Waals surface area contributed by atoms with Crippen molar-refractivity contribution in [2.45, 2.75) is 6.54 Å². The Labute approximate surface area is 148 Å². The first kappa shape index (κ1) is 17.0. The zero-order valence-corrected chi connectivity index (χ0v) is 14.6. The van der Waals surface area contributed by atoms with Gasteiger partial charge in [0.1, 0.15) is 0 Å². The summed E-state index contributed by atoms with van der Waals surface area (Å²) in [6, 6.07) is 11.6. The van der Waals surface area contributed by atoms with Crippen LogP contribution in [0.3, 0.4) is 0 Å². The third-order valence-electron chi connectivity index (χ3n) is 4.19. The molecule has 1 saturated heterocycles. The van der Waals surface area contributed by atoms with E-state index < -0.39 is 11.6 Å². The average molecular weight is 395 g/mol. The smallest absolute Gasteiger partial charge is 0.255 e. The van der Waals surface area contributed by atoms with Crippen LogP contribution in [0.25, 0.3) is 0 Å². The van der Waals surface area contributed by atoms with Gasteiger partial charge in [0.15, 0.2) is 11.6 Å². The average Bonchev–Trinajstić information content (AvgIpc) is 2.59. The monoisotopic (exact) mass is 394 g/mol. The highest BCUT2D eigenvalue weighted by Gasteiger charge is 2.24. The number of hydrogen-bond acceptors (Lipinski definition) is 2. The van der Waals surface area contributed by atoms with E-state index in [1.165, 1.54) is 6.07 Å². The number of halogens is 3. The van der Waals surface area contributed by atoms with Gasteiger partial charge in [-0.2, -0.15) is 0 Å². The minimum absolute atomic E-state index is 0.0148. The molecule has 24 heavy (non-hydrogen) atoms. The molecule has 2 aromatic rings. The summed E-state index contributed by atoms with van der Waals surface area (Å²) in [5, 5.41) is 0. The van der Waals surface area contributed by atoms with E-state index in [1.54, 1.807) is 17.0 Å². The van der Waals surface area contributed by atoms with Crippen molar-refractivity contribution in [3.05, 3.63) is 69.7 Å². The quantitative estimate of drug-likeness (QED) is 0.792. The first-order chi connectivity index (χ1) is 11.6. The minimum atomic E-state index is -0.824. The molecule has 3 nitrogen and oxygen atoms in total. The molecule has 0 aliphatic carbocycles. The van der Waals surface area contributed by atoms with E-state index >= 15 is 0 Å². The molecule has 1 aliphatic rings. The zero-order valence-electron chi connectivity index (χ0n) is 13.0. The number of piperazine rings is 1. The Kier molecular flexibility index (Phi) is 5.26. The van der Waals surface area contributed by atoms with Crippen LogP contribution in [0, 0.1) is 11.6 Å². The van der Waals surface area contributed by atoms with Gasteiger partial charge in [-0.25, -0.2) is 8.78 Å². The standard InChI is InChI=1S/C18H17BrF2N2O/c19-15-6-2-1-5-14(15)18(24)23-10-8-22(9-11-23)12-13-4-3-7-16(20)17(13)21/h1-7H,8-12H2. The number of hydrogen-bond donors (Lipinski definition) is 0. The van der Waals surface area contributed by atoms with Crippen LogP contribution in [0.15, 0.2) is 46.9 Å². The van der Waals surface area contributed by atoms with Crippen molar-refractivity contribution in [3.63, 3.8) is 0 Å². The Morgan fingerprint density at radius 1 is 1.00 bits per heavy atom. The molecule has 0 radical (unpaired) electrons. The number of rotatable bonds is 3. The van der Waals surface area contributed by atoms with Gasteiger partial charge in [0, 0.05) is 42.8 Å². The number of carbonyl (C=O) groups excluding carboxylic acids is 1. The van der Waals surface area contributed by atoms with Crippen molar-refractivity contribution in [2.75, 3.05) is 26.2 Å². The van der Waals surface area contributed by atoms with Crippen LogP contribution in [0.1, 0.15) is 15.9 Å². The predicted octanol–water partition coefficient (Wildman–Crippen LogP) is 3.69. The number of carbonyl (C=O) groups is 1. The van der Waals surface area contributed by atoms with Crippen molar-refractivity contribution in [3.8, 4) is 0 Å². The van der Waals surface area contributed by atoms with Crippen molar-refractivity contribution in [2.24, 2.45) is 0 Å². The number of nitrogens with zero attached hydrogens (tertiary/aromatic N) is 2. The largest absolute Gasteiger partial charge is 0.336 e. The van der Waals surface area contributed by atoms with Crippen molar-refractivity contribution in [1.82, 2.24) is 9.80 Å². The Balaban J connectivity index is 1.61. The topological polar surface area (TPSA) is 23.6 Å². The predicted molar refractivity (Wildman–Crippen MR) is 91.7 cm³/mol. The summed E-state index contributed by atoms with van der Waals surface area (Å²) in [4.78, 5) is 16.4. The Morgan fingerprint density at radius 3 is 2.42 bits per heavy atom. The summed E-state index contributed by atoms with van der Waals surface area (Å²) in [7, 11) is 0. The highest BCUT2D eigenvalue weighted by Crippen LogP contribution is 2.20. The number of amides is 1. The van der Waals surface area contributed by atoms with Crippen LogP contribution in [0.4, 0.5) is 8.78 Å². The van der Waals surface area contributed by atoms with Gasteiger partial charge in [-0.05, 0) is 34.1 Å². The Bertz CT molecular complexity index is 746. The summed E-state index contributed by atoms with van der Waals surface area (Å²) in [5.74, 6) is -1.63. The van der Waals surface area contributed by atoms with Crippen molar-refractivity contribution in [1.29, 1.82) is 0 Å². The van der Waals surface area contributed by atoms with Crippen LogP contribution < -0.4 is 0 Å². The molecule has 0 bridgehead atoms. The fourth-order valence-corrected chi connectivity index (χ4v) is 3.28. The van der Waals surface area contributed by atoms with Crippen LogP contribution in [-0.4, -0.2) is 41.9 Å². The minimum Gasteiger partial charge on any atom is -0.336 e. The molecule has 0 N–H and O–H groups in total. The van der Waals surface area contributed by atoms with Gasteiger partial charge in [0.25, 0.3) is 5.91 Å². The third kappa shape index (κ3) is 3.65. The second kappa shape index (κ2) is 7.40. The lowest BCUT2D eigenvalue weighted by atomic mass is 10.1. The van der Waals surface area contributed by atoms with Gasteiger partial charge in [0.05, 0.1) is 5.56 Å². The molecule has 1 heterocycles. The normalized spacial score (nSPS) is 15.5. The van der Waals surface area contributed by atoms with E-state index in [9.17, 15) is 13.6 Å². The molecular weight excluding hydrogens is 378 g/mol. The zero-order chi connectivity index (χ0) is 17.1. The van der Waals surface area contributed by atoms with Gasteiger partial charge in [0.2, 0.25) is 0 Å². The molecule has 126 valence electrons. The lowest BCUT2D eigenvalue weighted by Gasteiger charge is -2.35. The number of benzene rings is 2. The van der Waals surface area contributed by atoms with Gasteiger partial charge in [-0.3, -0.25) is 9.69 Å². The van der Waals surface area contributed by atoms with Gasteiger partial charge < -0.3 is 4.90 Å². The lowest BCUT2D eigenvalue weighted by Crippen LogP contribution is -2.48. The van der Waals surface area contributed by atoms with E-state index in [4.69, 9.17) is 0 Å². The first-order valence-electron chi connectivity index (χ1n) is 7.75. The Hall–Kier alpha value is -1.79. The van der Waals surface area contributed by atoms with E-state index in [1.807, 2.05) is 23.1 Å². The second-order valence-corrected chi connectivity index (χ2v) is 6.62. The van der Waals surface area contributed by atoms with Gasteiger partial charge >= 0.3 is 0 Å². The van der Waals surface area contributed by atoms with E-state index in [-0.39, 0.29) is 5.91 Å². The van der Waals surface area contributed by atoms with Crippen LogP contribution in [0.5, 0.6) is 0 Å². The van der Waals surface area contributed by atoms with E-state index in [2.05, 4.69) is 15.9 Å². The van der Waals surface area contributed by atoms with Gasteiger partial charge in [-0.1, -0.05) is 24.3 Å². The molecule has 0 atom stereocenters. The molecule has 0 aromatic heterocycles. The molecule has 3 rings (SSSR count). The van der Waals surface area contributed by atoms with Gasteiger partial charge in [-0.15, -0.1) is 0 Å². The lowest BCUT2D eigenvalue weighted by molar-refractivity contribution is 0.0626. The SMILES string of the molecule is O=C(c1ccccc1Br)N1CCN(Cc2cccc(F)c2F)CC1. The fourth-order valence-electron chi connectivity index (χ4n) is 2.83.